The second kappa shape index (κ2) is 3.25. The molecule has 1 aromatic carbocycles. The Hall–Kier alpha value is -1.22. The molecule has 0 aliphatic carbocycles. The van der Waals surface area contributed by atoms with Crippen LogP contribution >= 0.6 is 11.6 Å². The highest BCUT2D eigenvalue weighted by atomic mass is 35.5. The largest absolute Gasteiger partial charge is 0.506 e. The number of rotatable bonds is 1. The molecule has 4 heteroatoms. The Kier molecular flexibility index (Phi) is 2.33. The van der Waals surface area contributed by atoms with Crippen LogP contribution in [0.15, 0.2) is 23.3 Å². The number of aromatic hydroxyl groups is 1. The van der Waals surface area contributed by atoms with Gasteiger partial charge in [0.25, 0.3) is 0 Å². The third-order valence-electron chi connectivity index (χ3n) is 1.22. The highest BCUT2D eigenvalue weighted by Crippen LogP contribution is 2.24. The maximum Gasteiger partial charge on any atom is 0.134 e. The van der Waals surface area contributed by atoms with E-state index in [0.29, 0.717) is 5.56 Å². The van der Waals surface area contributed by atoms with E-state index in [4.69, 9.17) is 22.6 Å². The maximum atomic E-state index is 9.09. The fourth-order valence-electron chi connectivity index (χ4n) is 0.717. The Morgan fingerprint density at radius 2 is 2.27 bits per heavy atom. The summed E-state index contributed by atoms with van der Waals surface area (Å²) < 4.78 is 0. The average molecular weight is 171 g/mol. The predicted octanol–water partition coefficient (Wildman–Crippen LogP) is 1.34. The zero-order valence-electron chi connectivity index (χ0n) is 5.66. The molecule has 0 atom stereocenters. The Bertz CT molecular complexity index is 286. The topological polar surface area (TPSA) is 58.6 Å². The molecule has 0 unspecified atom stereocenters. The van der Waals surface area contributed by atoms with Crippen LogP contribution in [0.1, 0.15) is 5.56 Å². The standard InChI is InChI=1S/C7H7ClN2O/c8-7-5(4-10-9)2-1-3-6(7)11/h1-4,11H,9H2/b10-4+. The summed E-state index contributed by atoms with van der Waals surface area (Å²) >= 11 is 5.68. The van der Waals surface area contributed by atoms with Crippen molar-refractivity contribution in [1.29, 1.82) is 0 Å². The molecule has 0 spiro atoms. The summed E-state index contributed by atoms with van der Waals surface area (Å²) in [6.45, 7) is 0. The van der Waals surface area contributed by atoms with Gasteiger partial charge in [0.15, 0.2) is 0 Å². The predicted molar refractivity (Wildman–Crippen MR) is 44.9 cm³/mol. The van der Waals surface area contributed by atoms with Crippen LogP contribution in [-0.2, 0) is 0 Å². The molecule has 0 aromatic heterocycles. The second-order valence-corrected chi connectivity index (χ2v) is 2.34. The monoisotopic (exact) mass is 170 g/mol. The lowest BCUT2D eigenvalue weighted by molar-refractivity contribution is 0.475. The van der Waals surface area contributed by atoms with Crippen LogP contribution < -0.4 is 5.84 Å². The van der Waals surface area contributed by atoms with Gasteiger partial charge in [-0.25, -0.2) is 0 Å². The van der Waals surface area contributed by atoms with E-state index >= 15 is 0 Å². The quantitative estimate of drug-likeness (QED) is 0.380. The minimum Gasteiger partial charge on any atom is -0.506 e. The SMILES string of the molecule is N/N=C/c1cccc(O)c1Cl. The number of hydrogen-bond acceptors (Lipinski definition) is 3. The van der Waals surface area contributed by atoms with Crippen LogP contribution in [0, 0.1) is 0 Å². The van der Waals surface area contributed by atoms with Gasteiger partial charge in [-0.3, -0.25) is 0 Å². The first-order valence-electron chi connectivity index (χ1n) is 2.96. The molecular weight excluding hydrogens is 164 g/mol. The van der Waals surface area contributed by atoms with Gasteiger partial charge in [-0.1, -0.05) is 23.7 Å². The molecule has 0 heterocycles. The molecule has 1 aromatic rings. The van der Waals surface area contributed by atoms with Gasteiger partial charge in [-0.15, -0.1) is 0 Å². The molecule has 0 radical (unpaired) electrons. The minimum absolute atomic E-state index is 0.0315. The van der Waals surface area contributed by atoms with Crippen LogP contribution in [0.2, 0.25) is 5.02 Å². The molecule has 0 fully saturated rings. The van der Waals surface area contributed by atoms with Crippen molar-refractivity contribution in [2.45, 2.75) is 0 Å². The van der Waals surface area contributed by atoms with Crippen LogP contribution in [0.3, 0.4) is 0 Å². The first-order valence-corrected chi connectivity index (χ1v) is 3.34. The Morgan fingerprint density at radius 1 is 1.55 bits per heavy atom. The molecule has 58 valence electrons. The summed E-state index contributed by atoms with van der Waals surface area (Å²) in [4.78, 5) is 0. The van der Waals surface area contributed by atoms with E-state index in [0.717, 1.165) is 0 Å². The van der Waals surface area contributed by atoms with Gasteiger partial charge in [0.1, 0.15) is 5.75 Å². The van der Waals surface area contributed by atoms with Crippen molar-refractivity contribution in [2.75, 3.05) is 0 Å². The zero-order chi connectivity index (χ0) is 8.27. The molecule has 0 bridgehead atoms. The summed E-state index contributed by atoms with van der Waals surface area (Å²) in [7, 11) is 0. The van der Waals surface area contributed by atoms with Crippen molar-refractivity contribution in [1.82, 2.24) is 0 Å². The van der Waals surface area contributed by atoms with Gasteiger partial charge in [-0.05, 0) is 6.07 Å². The molecule has 3 nitrogen and oxygen atoms in total. The number of phenolic OH excluding ortho intramolecular Hbond substituents is 1. The van der Waals surface area contributed by atoms with Crippen LogP contribution in [0.5, 0.6) is 5.75 Å². The van der Waals surface area contributed by atoms with E-state index in [2.05, 4.69) is 5.10 Å². The van der Waals surface area contributed by atoms with Gasteiger partial charge in [0.2, 0.25) is 0 Å². The highest BCUT2D eigenvalue weighted by Gasteiger charge is 2.00. The lowest BCUT2D eigenvalue weighted by Gasteiger charge is -1.98. The normalized spacial score (nSPS) is 10.6. The molecular formula is C7H7ClN2O. The Balaban J connectivity index is 3.16. The number of phenols is 1. The van der Waals surface area contributed by atoms with Crippen molar-refractivity contribution in [3.05, 3.63) is 28.8 Å². The molecule has 3 N–H and O–H groups in total. The number of halogens is 1. The lowest BCUT2D eigenvalue weighted by Crippen LogP contribution is -1.87. The summed E-state index contributed by atoms with van der Waals surface area (Å²) in [5, 5.41) is 12.6. The van der Waals surface area contributed by atoms with E-state index < -0.39 is 0 Å². The van der Waals surface area contributed by atoms with E-state index in [9.17, 15) is 0 Å². The van der Waals surface area contributed by atoms with E-state index in [1.165, 1.54) is 12.3 Å². The molecule has 0 saturated heterocycles. The zero-order valence-corrected chi connectivity index (χ0v) is 6.42. The number of nitrogens with two attached hydrogens (primary N) is 1. The molecule has 0 amide bonds. The van der Waals surface area contributed by atoms with Gasteiger partial charge >= 0.3 is 0 Å². The van der Waals surface area contributed by atoms with Crippen molar-refractivity contribution < 1.29 is 5.11 Å². The van der Waals surface area contributed by atoms with Gasteiger partial charge < -0.3 is 10.9 Å². The molecule has 11 heavy (non-hydrogen) atoms. The Labute approximate surface area is 69.1 Å². The maximum absolute atomic E-state index is 9.09. The fourth-order valence-corrected chi connectivity index (χ4v) is 0.892. The van der Waals surface area contributed by atoms with Crippen LogP contribution in [0.25, 0.3) is 0 Å². The van der Waals surface area contributed by atoms with E-state index in [1.54, 1.807) is 12.1 Å². The number of hydrazone groups is 1. The summed E-state index contributed by atoms with van der Waals surface area (Å²) in [5.41, 5.74) is 0.606. The molecule has 0 aliphatic heterocycles. The summed E-state index contributed by atoms with van der Waals surface area (Å²) in [5.74, 6) is 4.94. The third-order valence-corrected chi connectivity index (χ3v) is 1.63. The number of hydrogen-bond donors (Lipinski definition) is 2. The van der Waals surface area contributed by atoms with Crippen molar-refractivity contribution in [3.8, 4) is 5.75 Å². The van der Waals surface area contributed by atoms with Gasteiger partial charge in [-0.2, -0.15) is 5.10 Å². The summed E-state index contributed by atoms with van der Waals surface area (Å²) in [6, 6.07) is 4.87. The fraction of sp³-hybridized carbons (Fsp3) is 0. The Morgan fingerprint density at radius 3 is 2.91 bits per heavy atom. The van der Waals surface area contributed by atoms with Crippen LogP contribution in [0.4, 0.5) is 0 Å². The first-order chi connectivity index (χ1) is 5.25. The smallest absolute Gasteiger partial charge is 0.134 e. The first kappa shape index (κ1) is 7.88. The van der Waals surface area contributed by atoms with E-state index in [-0.39, 0.29) is 10.8 Å². The van der Waals surface area contributed by atoms with Crippen LogP contribution in [-0.4, -0.2) is 11.3 Å². The second-order valence-electron chi connectivity index (χ2n) is 1.96. The van der Waals surface area contributed by atoms with Crippen molar-refractivity contribution in [2.24, 2.45) is 10.9 Å². The molecule has 1 rings (SSSR count). The van der Waals surface area contributed by atoms with Gasteiger partial charge in [0, 0.05) is 5.56 Å². The number of benzene rings is 1. The average Bonchev–Trinajstić information content (AvgIpc) is 1.99. The minimum atomic E-state index is 0.0315. The highest BCUT2D eigenvalue weighted by molar-refractivity contribution is 6.34. The summed E-state index contributed by atoms with van der Waals surface area (Å²) in [6.07, 6.45) is 1.38. The molecule has 0 aliphatic rings. The van der Waals surface area contributed by atoms with Crippen molar-refractivity contribution in [3.63, 3.8) is 0 Å². The van der Waals surface area contributed by atoms with E-state index in [1.807, 2.05) is 0 Å². The van der Waals surface area contributed by atoms with Gasteiger partial charge in [0.05, 0.1) is 11.2 Å². The third kappa shape index (κ3) is 1.62. The van der Waals surface area contributed by atoms with Crippen molar-refractivity contribution >= 4 is 17.8 Å². The lowest BCUT2D eigenvalue weighted by atomic mass is 10.2. The molecule has 0 saturated carbocycles. The number of nitrogens with zero attached hydrogens (tertiary/aromatic N) is 1.